The summed E-state index contributed by atoms with van der Waals surface area (Å²) in [7, 11) is 0. The van der Waals surface area contributed by atoms with Gasteiger partial charge < -0.3 is 9.47 Å². The van der Waals surface area contributed by atoms with E-state index in [1.54, 1.807) is 24.3 Å². The molecule has 7 heteroatoms. The summed E-state index contributed by atoms with van der Waals surface area (Å²) in [4.78, 5) is 23.2. The molecule has 0 radical (unpaired) electrons. The van der Waals surface area contributed by atoms with Crippen molar-refractivity contribution in [2.24, 2.45) is 0 Å². The van der Waals surface area contributed by atoms with Crippen molar-refractivity contribution in [2.75, 3.05) is 6.61 Å². The first-order chi connectivity index (χ1) is 13.5. The molecule has 28 heavy (non-hydrogen) atoms. The molecule has 0 bridgehead atoms. The molecule has 6 nitrogen and oxygen atoms in total. The number of halogens is 1. The number of carbonyl (C=O) groups excluding carboxylic acids is 1. The molecule has 142 valence electrons. The van der Waals surface area contributed by atoms with E-state index in [4.69, 9.17) is 9.47 Å². The molecule has 0 spiro atoms. The van der Waals surface area contributed by atoms with Crippen molar-refractivity contribution in [3.63, 3.8) is 0 Å². The second kappa shape index (κ2) is 9.14. The molecule has 0 fully saturated rings. The molecule has 0 heterocycles. The zero-order valence-electron chi connectivity index (χ0n) is 14.7. The van der Waals surface area contributed by atoms with Crippen LogP contribution in [0.3, 0.4) is 0 Å². The Morgan fingerprint density at radius 2 is 1.68 bits per heavy atom. The lowest BCUT2D eigenvalue weighted by molar-refractivity contribution is -0.385. The van der Waals surface area contributed by atoms with Crippen molar-refractivity contribution >= 4 is 27.6 Å². The molecule has 0 aliphatic rings. The van der Waals surface area contributed by atoms with E-state index in [2.05, 4.69) is 15.9 Å². The summed E-state index contributed by atoms with van der Waals surface area (Å²) in [6.07, 6.45) is 0.676. The number of esters is 1. The van der Waals surface area contributed by atoms with E-state index in [1.807, 2.05) is 30.3 Å². The maximum Gasteiger partial charge on any atom is 0.347 e. The van der Waals surface area contributed by atoms with E-state index in [1.165, 1.54) is 18.2 Å². The second-order valence-corrected chi connectivity index (χ2v) is 6.75. The lowest BCUT2D eigenvalue weighted by Crippen LogP contribution is -2.13. The topological polar surface area (TPSA) is 78.7 Å². The fourth-order valence-electron chi connectivity index (χ4n) is 2.56. The third kappa shape index (κ3) is 4.95. The average Bonchev–Trinajstić information content (AvgIpc) is 2.70. The molecule has 3 aromatic rings. The van der Waals surface area contributed by atoms with E-state index in [9.17, 15) is 14.9 Å². The van der Waals surface area contributed by atoms with Crippen LogP contribution >= 0.6 is 15.9 Å². The number of benzene rings is 3. The zero-order valence-corrected chi connectivity index (χ0v) is 16.3. The predicted molar refractivity (Wildman–Crippen MR) is 108 cm³/mol. The van der Waals surface area contributed by atoms with Gasteiger partial charge in [-0.25, -0.2) is 4.79 Å². The number of carbonyl (C=O) groups is 1. The van der Waals surface area contributed by atoms with Gasteiger partial charge in [-0.15, -0.1) is 0 Å². The van der Waals surface area contributed by atoms with E-state index in [0.717, 1.165) is 5.56 Å². The van der Waals surface area contributed by atoms with Gasteiger partial charge in [-0.2, -0.15) is 0 Å². The number of ether oxygens (including phenoxy) is 2. The smallest absolute Gasteiger partial charge is 0.347 e. The van der Waals surface area contributed by atoms with Crippen LogP contribution in [0.5, 0.6) is 11.5 Å². The summed E-state index contributed by atoms with van der Waals surface area (Å²) < 4.78 is 11.7. The molecular formula is C21H16BrNO5. The zero-order chi connectivity index (χ0) is 19.9. The molecule has 0 aromatic heterocycles. The van der Waals surface area contributed by atoms with Crippen molar-refractivity contribution < 1.29 is 19.2 Å². The van der Waals surface area contributed by atoms with E-state index >= 15 is 0 Å². The summed E-state index contributed by atoms with van der Waals surface area (Å²) in [5, 5.41) is 11.1. The number of hydrogen-bond donors (Lipinski definition) is 0. The molecule has 0 atom stereocenters. The Morgan fingerprint density at radius 1 is 0.964 bits per heavy atom. The third-order valence-electron chi connectivity index (χ3n) is 3.92. The highest BCUT2D eigenvalue weighted by Gasteiger charge is 2.21. The van der Waals surface area contributed by atoms with Crippen molar-refractivity contribution in [2.45, 2.75) is 6.42 Å². The third-order valence-corrected chi connectivity index (χ3v) is 4.41. The molecule has 0 saturated carbocycles. The first-order valence-corrected chi connectivity index (χ1v) is 9.26. The Morgan fingerprint density at radius 3 is 2.43 bits per heavy atom. The van der Waals surface area contributed by atoms with Crippen LogP contribution in [0, 0.1) is 10.1 Å². The molecule has 0 amide bonds. The fraction of sp³-hybridized carbons (Fsp3) is 0.0952. The van der Waals surface area contributed by atoms with Crippen LogP contribution < -0.4 is 9.47 Å². The van der Waals surface area contributed by atoms with Crippen LogP contribution in [0.25, 0.3) is 0 Å². The van der Waals surface area contributed by atoms with Crippen molar-refractivity contribution in [3.05, 3.63) is 98.5 Å². The normalized spacial score (nSPS) is 10.3. The Kier molecular flexibility index (Phi) is 6.39. The lowest BCUT2D eigenvalue weighted by atomic mass is 10.1. The number of para-hydroxylation sites is 2. The number of rotatable bonds is 7. The van der Waals surface area contributed by atoms with Gasteiger partial charge in [-0.05, 0) is 29.8 Å². The predicted octanol–water partition coefficient (Wildman–Crippen LogP) is 5.20. The van der Waals surface area contributed by atoms with Crippen molar-refractivity contribution in [1.29, 1.82) is 0 Å². The van der Waals surface area contributed by atoms with E-state index in [-0.39, 0.29) is 17.0 Å². The van der Waals surface area contributed by atoms with Crippen LogP contribution in [0.15, 0.2) is 77.3 Å². The highest BCUT2D eigenvalue weighted by atomic mass is 79.9. The SMILES string of the molecule is O=C(Oc1ccccc1[N+](=O)[O-])c1cc(Br)ccc1OCCc1ccccc1. The fourth-order valence-corrected chi connectivity index (χ4v) is 2.92. The second-order valence-electron chi connectivity index (χ2n) is 5.84. The van der Waals surface area contributed by atoms with Gasteiger partial charge in [0.15, 0.2) is 0 Å². The largest absolute Gasteiger partial charge is 0.492 e. The van der Waals surface area contributed by atoms with Gasteiger partial charge in [-0.3, -0.25) is 10.1 Å². The molecule has 0 N–H and O–H groups in total. The van der Waals surface area contributed by atoms with Crippen molar-refractivity contribution in [1.82, 2.24) is 0 Å². The van der Waals surface area contributed by atoms with Crippen molar-refractivity contribution in [3.8, 4) is 11.5 Å². The molecule has 0 aliphatic carbocycles. The van der Waals surface area contributed by atoms with Crippen LogP contribution in [-0.2, 0) is 6.42 Å². The summed E-state index contributed by atoms with van der Waals surface area (Å²) >= 11 is 3.32. The minimum absolute atomic E-state index is 0.118. The van der Waals surface area contributed by atoms with E-state index < -0.39 is 10.9 Å². The monoisotopic (exact) mass is 441 g/mol. The Balaban J connectivity index is 1.76. The molecule has 0 unspecified atom stereocenters. The Hall–Kier alpha value is -3.19. The summed E-state index contributed by atoms with van der Waals surface area (Å²) in [5.41, 5.74) is 1.02. The lowest BCUT2D eigenvalue weighted by Gasteiger charge is -2.12. The van der Waals surface area contributed by atoms with Gasteiger partial charge in [0, 0.05) is 17.0 Å². The first kappa shape index (κ1) is 19.6. The Labute approximate surface area is 170 Å². The van der Waals surface area contributed by atoms with Gasteiger partial charge in [0.2, 0.25) is 5.75 Å². The maximum atomic E-state index is 12.6. The highest BCUT2D eigenvalue weighted by Crippen LogP contribution is 2.29. The maximum absolute atomic E-state index is 12.6. The minimum Gasteiger partial charge on any atom is -0.492 e. The molecule has 3 rings (SSSR count). The van der Waals surface area contributed by atoms with Gasteiger partial charge in [-0.1, -0.05) is 58.4 Å². The summed E-state index contributed by atoms with van der Waals surface area (Å²) in [6.45, 7) is 0.372. The molecular weight excluding hydrogens is 426 g/mol. The molecule has 0 aliphatic heterocycles. The van der Waals surface area contributed by atoms with Gasteiger partial charge in [0.1, 0.15) is 11.3 Å². The quantitative estimate of drug-likeness (QED) is 0.218. The van der Waals surface area contributed by atoms with Crippen LogP contribution in [0.2, 0.25) is 0 Å². The first-order valence-electron chi connectivity index (χ1n) is 8.46. The van der Waals surface area contributed by atoms with Crippen LogP contribution in [0.1, 0.15) is 15.9 Å². The van der Waals surface area contributed by atoms with Gasteiger partial charge in [0.05, 0.1) is 11.5 Å². The Bertz CT molecular complexity index is 991. The van der Waals surface area contributed by atoms with Gasteiger partial charge >= 0.3 is 11.7 Å². The molecule has 3 aromatic carbocycles. The number of nitro benzene ring substituents is 1. The summed E-state index contributed by atoms with van der Waals surface area (Å²) in [6, 6.07) is 20.5. The standard InChI is InChI=1S/C21H16BrNO5/c22-16-10-11-19(27-13-12-15-6-2-1-3-7-15)17(14-16)21(24)28-20-9-5-4-8-18(20)23(25)26/h1-11,14H,12-13H2. The highest BCUT2D eigenvalue weighted by molar-refractivity contribution is 9.10. The number of nitrogens with zero attached hydrogens (tertiary/aromatic N) is 1. The number of hydrogen-bond acceptors (Lipinski definition) is 5. The molecule has 0 saturated heterocycles. The van der Waals surface area contributed by atoms with Crippen LogP contribution in [-0.4, -0.2) is 17.5 Å². The van der Waals surface area contributed by atoms with Gasteiger partial charge in [0.25, 0.3) is 0 Å². The van der Waals surface area contributed by atoms with E-state index in [0.29, 0.717) is 23.2 Å². The average molecular weight is 442 g/mol. The van der Waals surface area contributed by atoms with Crippen LogP contribution in [0.4, 0.5) is 5.69 Å². The number of nitro groups is 1. The summed E-state index contributed by atoms with van der Waals surface area (Å²) in [5.74, 6) is -0.499. The minimum atomic E-state index is -0.731.